The van der Waals surface area contributed by atoms with Gasteiger partial charge >= 0.3 is 0 Å². The van der Waals surface area contributed by atoms with Gasteiger partial charge in [0.05, 0.1) is 11.1 Å². The number of rotatable bonds is 5. The number of nitrogen functional groups attached to an aromatic ring is 1. The van der Waals surface area contributed by atoms with Crippen LogP contribution in [0.2, 0.25) is 0 Å². The maximum Gasteiger partial charge on any atom is 0.253 e. The number of carbonyl (C=O) groups excluding carboxylic acids is 2. The molecule has 3 N–H and O–H groups in total. The summed E-state index contributed by atoms with van der Waals surface area (Å²) >= 11 is 0. The van der Waals surface area contributed by atoms with Crippen LogP contribution in [0.25, 0.3) is 22.0 Å². The lowest BCUT2D eigenvalue weighted by Gasteiger charge is -2.17. The third-order valence-corrected chi connectivity index (χ3v) is 6.12. The molecule has 0 aliphatic heterocycles. The maximum atomic E-state index is 13.4. The second-order valence-corrected chi connectivity index (χ2v) is 9.03. The van der Waals surface area contributed by atoms with Crippen LogP contribution in [0, 0.1) is 0 Å². The van der Waals surface area contributed by atoms with Gasteiger partial charge in [0.2, 0.25) is 5.95 Å². The zero-order valence-corrected chi connectivity index (χ0v) is 19.7. The van der Waals surface area contributed by atoms with Crippen LogP contribution in [0.4, 0.5) is 5.95 Å². The minimum Gasteiger partial charge on any atom is -0.368 e. The molecule has 0 spiro atoms. The molecule has 4 rings (SSSR count). The van der Waals surface area contributed by atoms with Crippen molar-refractivity contribution < 1.29 is 9.59 Å². The Morgan fingerprint density at radius 2 is 1.88 bits per heavy atom. The first-order valence-corrected chi connectivity index (χ1v) is 11.0. The molecule has 2 aromatic heterocycles. The van der Waals surface area contributed by atoms with E-state index in [1.807, 2.05) is 37.6 Å². The van der Waals surface area contributed by atoms with Gasteiger partial charge in [-0.05, 0) is 48.6 Å². The smallest absolute Gasteiger partial charge is 0.253 e. The predicted molar refractivity (Wildman–Crippen MR) is 131 cm³/mol. The second-order valence-electron chi connectivity index (χ2n) is 9.03. The lowest BCUT2D eigenvalue weighted by atomic mass is 9.92. The molecular weight excluding hydrogens is 414 g/mol. The van der Waals surface area contributed by atoms with Crippen molar-refractivity contribution in [3.05, 3.63) is 64.6 Å². The van der Waals surface area contributed by atoms with Gasteiger partial charge in [0.1, 0.15) is 0 Å². The second kappa shape index (κ2) is 8.65. The van der Waals surface area contributed by atoms with Crippen LogP contribution in [0.3, 0.4) is 0 Å². The highest BCUT2D eigenvalue weighted by atomic mass is 16.2. The van der Waals surface area contributed by atoms with Gasteiger partial charge in [0.15, 0.2) is 5.78 Å². The number of fused-ring (bicyclic) bond motifs is 1. The summed E-state index contributed by atoms with van der Waals surface area (Å²) in [5, 5.41) is 3.99. The number of nitrogens with two attached hydrogens (primary N) is 1. The van der Waals surface area contributed by atoms with Crippen molar-refractivity contribution in [1.82, 2.24) is 19.9 Å². The highest BCUT2D eigenvalue weighted by Crippen LogP contribution is 2.34. The highest BCUT2D eigenvalue weighted by Gasteiger charge is 2.22. The zero-order valence-electron chi connectivity index (χ0n) is 19.7. The summed E-state index contributed by atoms with van der Waals surface area (Å²) < 4.78 is 1.99. The number of ketones is 1. The van der Waals surface area contributed by atoms with Gasteiger partial charge in [-0.3, -0.25) is 9.59 Å². The van der Waals surface area contributed by atoms with Crippen LogP contribution in [0.15, 0.2) is 53.5 Å². The molecule has 0 fully saturated rings. The Hall–Kier alpha value is -3.74. The van der Waals surface area contributed by atoms with Crippen LogP contribution in [0.1, 0.15) is 56.0 Å². The van der Waals surface area contributed by atoms with E-state index in [0.717, 1.165) is 38.7 Å². The topological polar surface area (TPSA) is 103 Å². The van der Waals surface area contributed by atoms with Crippen molar-refractivity contribution in [3.8, 4) is 11.1 Å². The minimum absolute atomic E-state index is 0.0617. The average Bonchev–Trinajstić information content (AvgIpc) is 3.09. The third-order valence-electron chi connectivity index (χ3n) is 6.12. The normalized spacial score (nSPS) is 14.2. The molecule has 7 nitrogen and oxygen atoms in total. The molecule has 1 amide bonds. The fourth-order valence-corrected chi connectivity index (χ4v) is 4.45. The molecule has 0 atom stereocenters. The first kappa shape index (κ1) is 22.5. The number of carbonyl (C=O) groups is 2. The lowest BCUT2D eigenvalue weighted by Crippen LogP contribution is -2.29. The summed E-state index contributed by atoms with van der Waals surface area (Å²) in [4.78, 5) is 34.1. The van der Waals surface area contributed by atoms with Gasteiger partial charge in [0.25, 0.3) is 5.91 Å². The Morgan fingerprint density at radius 3 is 2.52 bits per heavy atom. The Kier molecular flexibility index (Phi) is 5.89. The molecule has 1 aliphatic rings. The molecule has 0 radical (unpaired) electrons. The summed E-state index contributed by atoms with van der Waals surface area (Å²) in [5.41, 5.74) is 12.4. The zero-order chi connectivity index (χ0) is 23.9. The van der Waals surface area contributed by atoms with Crippen LogP contribution in [-0.2, 0) is 11.8 Å². The summed E-state index contributed by atoms with van der Waals surface area (Å²) in [6.45, 7) is 8.32. The Labute approximate surface area is 193 Å². The molecule has 0 bridgehead atoms. The van der Waals surface area contributed by atoms with Crippen LogP contribution >= 0.6 is 0 Å². The van der Waals surface area contributed by atoms with E-state index in [0.29, 0.717) is 17.6 Å². The molecule has 7 heteroatoms. The fraction of sp³-hybridized carbons (Fsp3) is 0.308. The molecule has 1 aliphatic carbocycles. The maximum absolute atomic E-state index is 13.4. The van der Waals surface area contributed by atoms with E-state index in [1.165, 1.54) is 0 Å². The number of anilines is 1. The minimum atomic E-state index is -0.228. The monoisotopic (exact) mass is 443 g/mol. The number of allylic oxidation sites excluding steroid dienone is 3. The van der Waals surface area contributed by atoms with Crippen molar-refractivity contribution in [2.24, 2.45) is 7.05 Å². The Morgan fingerprint density at radius 1 is 1.18 bits per heavy atom. The molecule has 1 aromatic carbocycles. The van der Waals surface area contributed by atoms with Crippen molar-refractivity contribution in [1.29, 1.82) is 0 Å². The summed E-state index contributed by atoms with van der Waals surface area (Å²) in [6, 6.07) is 3.92. The number of aryl methyl sites for hydroxylation is 1. The molecule has 3 aromatic rings. The summed E-state index contributed by atoms with van der Waals surface area (Å²) in [6.07, 6.45) is 7.80. The first-order valence-electron chi connectivity index (χ1n) is 11.0. The van der Waals surface area contributed by atoms with E-state index >= 15 is 0 Å². The van der Waals surface area contributed by atoms with Crippen molar-refractivity contribution in [2.45, 2.75) is 40.0 Å². The quantitative estimate of drug-likeness (QED) is 0.612. The number of hydrogen-bond acceptors (Lipinski definition) is 5. The molecule has 170 valence electrons. The first-order chi connectivity index (χ1) is 15.7. The lowest BCUT2D eigenvalue weighted by molar-refractivity contribution is -0.115. The molecule has 0 saturated carbocycles. The number of benzene rings is 1. The third kappa shape index (κ3) is 4.31. The van der Waals surface area contributed by atoms with E-state index < -0.39 is 0 Å². The van der Waals surface area contributed by atoms with Crippen LogP contribution in [-0.4, -0.2) is 32.8 Å². The highest BCUT2D eigenvalue weighted by molar-refractivity contribution is 6.09. The molecule has 0 saturated heterocycles. The van der Waals surface area contributed by atoms with Crippen molar-refractivity contribution in [2.75, 3.05) is 12.3 Å². The number of Topliss-reactive ketones (excluding diaryl/α,β-unsaturated/α-hetero) is 1. The van der Waals surface area contributed by atoms with Crippen molar-refractivity contribution >= 4 is 28.5 Å². The van der Waals surface area contributed by atoms with Crippen molar-refractivity contribution in [3.63, 3.8) is 0 Å². The summed E-state index contributed by atoms with van der Waals surface area (Å²) in [5.74, 6) is 0.316. The van der Waals surface area contributed by atoms with Gasteiger partial charge < -0.3 is 15.6 Å². The molecule has 0 unspecified atom stereocenters. The standard InChI is InChI=1S/C26H29N5O2/c1-14(2)22-13-31(5)24-19(22)8-17(18-10-29-26(27)30-11-18)9-20(24)25(33)28-12-21-16(4)6-15(3)7-23(21)32/h6,8-11,13-14H,7,12H2,1-5H3,(H,28,33)(H2,27,29,30). The van der Waals surface area contributed by atoms with Crippen LogP contribution < -0.4 is 11.1 Å². The predicted octanol–water partition coefficient (Wildman–Crippen LogP) is 4.31. The van der Waals surface area contributed by atoms with E-state index in [-0.39, 0.29) is 30.1 Å². The summed E-state index contributed by atoms with van der Waals surface area (Å²) in [7, 11) is 1.95. The SMILES string of the molecule is CC1=CC(C)=C(CNC(=O)c2cc(-c3cnc(N)nc3)cc3c(C(C)C)cn(C)c23)C(=O)C1. The number of amides is 1. The largest absolute Gasteiger partial charge is 0.368 e. The van der Waals surface area contributed by atoms with Gasteiger partial charge in [-0.25, -0.2) is 9.97 Å². The number of hydrogen-bond donors (Lipinski definition) is 2. The Balaban J connectivity index is 1.78. The van der Waals surface area contributed by atoms with E-state index in [2.05, 4.69) is 41.4 Å². The van der Waals surface area contributed by atoms with Gasteiger partial charge in [0, 0.05) is 55.1 Å². The van der Waals surface area contributed by atoms with Crippen LogP contribution in [0.5, 0.6) is 0 Å². The van der Waals surface area contributed by atoms with Gasteiger partial charge in [-0.1, -0.05) is 25.5 Å². The fourth-order valence-electron chi connectivity index (χ4n) is 4.45. The van der Waals surface area contributed by atoms with Gasteiger partial charge in [-0.2, -0.15) is 0 Å². The van der Waals surface area contributed by atoms with E-state index in [4.69, 9.17) is 5.73 Å². The number of aromatic nitrogens is 3. The average molecular weight is 444 g/mol. The number of nitrogens with zero attached hydrogens (tertiary/aromatic N) is 3. The molecule has 33 heavy (non-hydrogen) atoms. The molecular formula is C26H29N5O2. The van der Waals surface area contributed by atoms with E-state index in [1.54, 1.807) is 12.4 Å². The van der Waals surface area contributed by atoms with Gasteiger partial charge in [-0.15, -0.1) is 0 Å². The number of nitrogens with one attached hydrogen (secondary N) is 1. The Bertz CT molecular complexity index is 1330. The molecule has 2 heterocycles. The van der Waals surface area contributed by atoms with E-state index in [9.17, 15) is 9.59 Å².